The maximum absolute atomic E-state index is 12.9. The summed E-state index contributed by atoms with van der Waals surface area (Å²) in [6.45, 7) is 0. The van der Waals surface area contributed by atoms with Crippen LogP contribution < -0.4 is 13.7 Å². The van der Waals surface area contributed by atoms with Gasteiger partial charge >= 0.3 is 10.1 Å². The second-order valence-corrected chi connectivity index (χ2v) is 9.07. The van der Waals surface area contributed by atoms with Gasteiger partial charge in [0.15, 0.2) is 5.76 Å². The smallest absolute Gasteiger partial charge is 0.339 e. The number of Topliss-reactive ketones (excluding diaryl/α,β-unsaturated/α-hetero) is 1. The monoisotopic (exact) mass is 461 g/mol. The number of methoxy groups -OCH3 is 1. The molecule has 0 unspecified atom stereocenters. The number of aromatic nitrogens is 1. The van der Waals surface area contributed by atoms with E-state index in [1.54, 1.807) is 31.4 Å². The summed E-state index contributed by atoms with van der Waals surface area (Å²) in [5.41, 5.74) is 2.11. The molecule has 7 nitrogen and oxygen atoms in total. The SMILES string of the molecule is COc1ccc2c(c1)c(C=C1Oc3cc(OS(=O)(=O)c4ccccc4)ccc3C1=O)cn2C. The number of fused-ring (bicyclic) bond motifs is 2. The van der Waals surface area contributed by atoms with Gasteiger partial charge in [-0.05, 0) is 48.5 Å². The van der Waals surface area contributed by atoms with E-state index < -0.39 is 10.1 Å². The molecule has 0 radical (unpaired) electrons. The molecular formula is C25H19NO6S. The van der Waals surface area contributed by atoms with E-state index in [4.69, 9.17) is 13.7 Å². The van der Waals surface area contributed by atoms with Crippen LogP contribution in [0.3, 0.4) is 0 Å². The zero-order chi connectivity index (χ0) is 23.2. The lowest BCUT2D eigenvalue weighted by Gasteiger charge is -2.07. The van der Waals surface area contributed by atoms with Crippen LogP contribution in [0.15, 0.2) is 83.6 Å². The quantitative estimate of drug-likeness (QED) is 0.320. The van der Waals surface area contributed by atoms with Gasteiger partial charge in [0, 0.05) is 35.8 Å². The third-order valence-corrected chi connectivity index (χ3v) is 6.65. The first kappa shape index (κ1) is 20.8. The topological polar surface area (TPSA) is 83.8 Å². The summed E-state index contributed by atoms with van der Waals surface area (Å²) in [4.78, 5) is 12.9. The molecule has 5 rings (SSSR count). The van der Waals surface area contributed by atoms with Gasteiger partial charge in [-0.1, -0.05) is 18.2 Å². The Morgan fingerprint density at radius 1 is 0.970 bits per heavy atom. The van der Waals surface area contributed by atoms with Crippen LogP contribution in [0.25, 0.3) is 17.0 Å². The van der Waals surface area contributed by atoms with Crippen molar-refractivity contribution in [2.45, 2.75) is 4.90 Å². The van der Waals surface area contributed by atoms with Crippen molar-refractivity contribution in [2.24, 2.45) is 7.05 Å². The third-order valence-electron chi connectivity index (χ3n) is 5.39. The van der Waals surface area contributed by atoms with Gasteiger partial charge in [-0.3, -0.25) is 4.79 Å². The Bertz CT molecular complexity index is 1530. The molecule has 2 heterocycles. The minimum Gasteiger partial charge on any atom is -0.497 e. The predicted octanol–water partition coefficient (Wildman–Crippen LogP) is 4.57. The number of carbonyl (C=O) groups is 1. The Morgan fingerprint density at radius 2 is 1.73 bits per heavy atom. The van der Waals surface area contributed by atoms with E-state index in [0.29, 0.717) is 11.3 Å². The molecule has 0 aliphatic carbocycles. The summed E-state index contributed by atoms with van der Waals surface area (Å²) in [6.07, 6.45) is 3.57. The molecule has 4 aromatic rings. The molecule has 0 spiro atoms. The van der Waals surface area contributed by atoms with Crippen molar-refractivity contribution in [1.29, 1.82) is 0 Å². The molecule has 1 aromatic heterocycles. The van der Waals surface area contributed by atoms with Crippen molar-refractivity contribution in [1.82, 2.24) is 4.57 Å². The molecule has 1 aliphatic heterocycles. The minimum atomic E-state index is -4.00. The van der Waals surface area contributed by atoms with Crippen molar-refractivity contribution in [3.05, 3.63) is 89.8 Å². The van der Waals surface area contributed by atoms with Crippen molar-refractivity contribution >= 4 is 32.9 Å². The number of ketones is 1. The molecule has 0 bridgehead atoms. The van der Waals surface area contributed by atoms with Crippen molar-refractivity contribution in [3.63, 3.8) is 0 Å². The summed E-state index contributed by atoms with van der Waals surface area (Å²) in [6, 6.07) is 17.9. The van der Waals surface area contributed by atoms with Crippen LogP contribution >= 0.6 is 0 Å². The zero-order valence-corrected chi connectivity index (χ0v) is 18.6. The predicted molar refractivity (Wildman–Crippen MR) is 123 cm³/mol. The first-order valence-electron chi connectivity index (χ1n) is 10.1. The minimum absolute atomic E-state index is 0.0365. The Labute approximate surface area is 190 Å². The van der Waals surface area contributed by atoms with Crippen molar-refractivity contribution in [2.75, 3.05) is 7.11 Å². The number of aryl methyl sites for hydroxylation is 1. The lowest BCUT2D eigenvalue weighted by Crippen LogP contribution is -2.09. The number of hydrogen-bond donors (Lipinski definition) is 0. The number of rotatable bonds is 5. The fraction of sp³-hybridized carbons (Fsp3) is 0.0800. The van der Waals surface area contributed by atoms with E-state index in [1.165, 1.54) is 30.3 Å². The van der Waals surface area contributed by atoms with Gasteiger partial charge in [0.1, 0.15) is 22.1 Å². The first-order valence-corrected chi connectivity index (χ1v) is 11.5. The summed E-state index contributed by atoms with van der Waals surface area (Å²) in [7, 11) is -0.491. The Balaban J connectivity index is 1.46. The highest BCUT2D eigenvalue weighted by Crippen LogP contribution is 2.36. The highest BCUT2D eigenvalue weighted by atomic mass is 32.2. The number of ether oxygens (including phenoxy) is 2. The maximum atomic E-state index is 12.9. The van der Waals surface area contributed by atoms with Gasteiger partial charge in [0.2, 0.25) is 5.78 Å². The highest BCUT2D eigenvalue weighted by molar-refractivity contribution is 7.87. The van der Waals surface area contributed by atoms with Crippen molar-refractivity contribution in [3.8, 4) is 17.2 Å². The summed E-state index contributed by atoms with van der Waals surface area (Å²) in [5, 5.41) is 0.912. The second kappa shape index (κ2) is 7.83. The average molecular weight is 461 g/mol. The maximum Gasteiger partial charge on any atom is 0.339 e. The van der Waals surface area contributed by atoms with E-state index in [-0.39, 0.29) is 27.9 Å². The number of carbonyl (C=O) groups excluding carboxylic acids is 1. The number of hydrogen-bond acceptors (Lipinski definition) is 6. The van der Waals surface area contributed by atoms with Crippen LogP contribution in [0.1, 0.15) is 15.9 Å². The van der Waals surface area contributed by atoms with Gasteiger partial charge in [0.05, 0.1) is 12.7 Å². The Hall–Kier alpha value is -4.04. The van der Waals surface area contributed by atoms with E-state index in [1.807, 2.05) is 36.0 Å². The molecule has 0 atom stereocenters. The third kappa shape index (κ3) is 3.74. The van der Waals surface area contributed by atoms with E-state index >= 15 is 0 Å². The van der Waals surface area contributed by atoms with E-state index in [0.717, 1.165) is 16.5 Å². The van der Waals surface area contributed by atoms with Gasteiger partial charge in [-0.15, -0.1) is 0 Å². The Morgan fingerprint density at radius 3 is 2.48 bits per heavy atom. The molecule has 33 heavy (non-hydrogen) atoms. The summed E-state index contributed by atoms with van der Waals surface area (Å²) < 4.78 is 43.3. The molecule has 0 N–H and O–H groups in total. The lowest BCUT2D eigenvalue weighted by atomic mass is 10.1. The van der Waals surface area contributed by atoms with Gasteiger partial charge in [-0.25, -0.2) is 0 Å². The molecule has 166 valence electrons. The van der Waals surface area contributed by atoms with Crippen LogP contribution in [-0.4, -0.2) is 25.9 Å². The van der Waals surface area contributed by atoms with Crippen LogP contribution in [0.2, 0.25) is 0 Å². The zero-order valence-electron chi connectivity index (χ0n) is 17.8. The number of benzene rings is 3. The number of allylic oxidation sites excluding steroid dienone is 1. The highest BCUT2D eigenvalue weighted by Gasteiger charge is 2.29. The van der Waals surface area contributed by atoms with Gasteiger partial charge < -0.3 is 18.2 Å². The molecular weight excluding hydrogens is 442 g/mol. The van der Waals surface area contributed by atoms with E-state index in [9.17, 15) is 13.2 Å². The van der Waals surface area contributed by atoms with Crippen LogP contribution in [0.4, 0.5) is 0 Å². The normalized spacial score (nSPS) is 14.4. The van der Waals surface area contributed by atoms with Crippen LogP contribution in [0.5, 0.6) is 17.2 Å². The molecule has 0 amide bonds. The largest absolute Gasteiger partial charge is 0.497 e. The van der Waals surface area contributed by atoms with Gasteiger partial charge in [0.25, 0.3) is 0 Å². The molecule has 3 aromatic carbocycles. The van der Waals surface area contributed by atoms with Crippen molar-refractivity contribution < 1.29 is 26.9 Å². The first-order chi connectivity index (χ1) is 15.9. The standard InChI is InChI=1S/C25H19NO6S/c1-26-15-16(21-13-17(30-2)9-11-22(21)26)12-24-25(27)20-10-8-18(14-23(20)31-24)32-33(28,29)19-6-4-3-5-7-19/h3-15H,1-2H3. The number of nitrogens with zero attached hydrogens (tertiary/aromatic N) is 1. The lowest BCUT2D eigenvalue weighted by molar-refractivity contribution is 0.101. The summed E-state index contributed by atoms with van der Waals surface area (Å²) in [5.74, 6) is 0.855. The van der Waals surface area contributed by atoms with Gasteiger partial charge in [-0.2, -0.15) is 8.42 Å². The molecule has 8 heteroatoms. The second-order valence-electron chi connectivity index (χ2n) is 7.53. The summed E-state index contributed by atoms with van der Waals surface area (Å²) >= 11 is 0. The van der Waals surface area contributed by atoms with Crippen LogP contribution in [0, 0.1) is 0 Å². The molecule has 0 saturated heterocycles. The molecule has 1 aliphatic rings. The van der Waals surface area contributed by atoms with E-state index in [2.05, 4.69) is 0 Å². The fourth-order valence-corrected chi connectivity index (χ4v) is 4.71. The fourth-order valence-electron chi connectivity index (χ4n) is 3.77. The van der Waals surface area contributed by atoms with Crippen LogP contribution in [-0.2, 0) is 17.2 Å². The molecule has 0 fully saturated rings. The molecule has 0 saturated carbocycles. The Kier molecular flexibility index (Phi) is 4.94. The average Bonchev–Trinajstić information content (AvgIpc) is 3.29.